The van der Waals surface area contributed by atoms with Crippen LogP contribution in [0.2, 0.25) is 0 Å². The molecule has 0 aliphatic carbocycles. The molecule has 0 aliphatic heterocycles. The van der Waals surface area contributed by atoms with Crippen molar-refractivity contribution in [2.75, 3.05) is 6.54 Å². The number of para-hydroxylation sites is 1. The van der Waals surface area contributed by atoms with E-state index in [1.54, 1.807) is 0 Å². The van der Waals surface area contributed by atoms with Crippen molar-refractivity contribution in [1.29, 1.82) is 0 Å². The molecule has 0 saturated heterocycles. The van der Waals surface area contributed by atoms with E-state index in [-0.39, 0.29) is 12.0 Å². The van der Waals surface area contributed by atoms with Gasteiger partial charge in [0.25, 0.3) is 5.91 Å². The minimum absolute atomic E-state index is 0.0971. The molecule has 4 nitrogen and oxygen atoms in total. The molecule has 1 unspecified atom stereocenters. The summed E-state index contributed by atoms with van der Waals surface area (Å²) in [5.74, 6) is -0.0971. The van der Waals surface area contributed by atoms with Crippen LogP contribution in [-0.2, 0) is 0 Å². The molecule has 1 atom stereocenters. The first kappa shape index (κ1) is 14.6. The lowest BCUT2D eigenvalue weighted by Crippen LogP contribution is -2.27. The zero-order chi connectivity index (χ0) is 14.7. The lowest BCUT2D eigenvalue weighted by Gasteiger charge is -2.09. The van der Waals surface area contributed by atoms with E-state index >= 15 is 0 Å². The minimum Gasteiger partial charge on any atom is -0.393 e. The Hall–Kier alpha value is -1.81. The number of nitrogens with one attached hydrogen (secondary N) is 2. The molecule has 0 saturated carbocycles. The van der Waals surface area contributed by atoms with Crippen molar-refractivity contribution in [1.82, 2.24) is 10.3 Å². The van der Waals surface area contributed by atoms with Crippen molar-refractivity contribution in [2.45, 2.75) is 39.7 Å². The first-order valence-corrected chi connectivity index (χ1v) is 7.08. The summed E-state index contributed by atoms with van der Waals surface area (Å²) in [5, 5.41) is 13.4. The highest BCUT2D eigenvalue weighted by atomic mass is 16.3. The highest BCUT2D eigenvalue weighted by molar-refractivity contribution is 6.06. The lowest BCUT2D eigenvalue weighted by atomic mass is 10.1. The second kappa shape index (κ2) is 6.09. The van der Waals surface area contributed by atoms with Crippen LogP contribution in [0, 0.1) is 13.8 Å². The van der Waals surface area contributed by atoms with Crippen molar-refractivity contribution < 1.29 is 9.90 Å². The Labute approximate surface area is 119 Å². The van der Waals surface area contributed by atoms with Gasteiger partial charge in [-0.2, -0.15) is 0 Å². The Morgan fingerprint density at radius 3 is 2.85 bits per heavy atom. The van der Waals surface area contributed by atoms with Crippen LogP contribution in [0.1, 0.15) is 41.4 Å². The molecule has 0 spiro atoms. The number of aliphatic hydroxyl groups excluding tert-OH is 1. The number of rotatable bonds is 5. The fraction of sp³-hybridized carbons (Fsp3) is 0.438. The molecule has 4 heteroatoms. The number of amides is 1. The third kappa shape index (κ3) is 2.85. The van der Waals surface area contributed by atoms with Crippen LogP contribution in [-0.4, -0.2) is 28.6 Å². The van der Waals surface area contributed by atoms with Crippen LogP contribution in [0.25, 0.3) is 10.9 Å². The second-order valence-corrected chi connectivity index (χ2v) is 5.21. The maximum absolute atomic E-state index is 12.2. The first-order chi connectivity index (χ1) is 9.54. The zero-order valence-corrected chi connectivity index (χ0v) is 12.3. The molecular formula is C16H22N2O2. The molecule has 0 aliphatic rings. The molecule has 2 rings (SSSR count). The van der Waals surface area contributed by atoms with E-state index in [0.717, 1.165) is 16.6 Å². The molecule has 1 heterocycles. The summed E-state index contributed by atoms with van der Waals surface area (Å²) in [7, 11) is 0. The number of aliphatic hydroxyl groups is 1. The van der Waals surface area contributed by atoms with Gasteiger partial charge in [0.15, 0.2) is 0 Å². The number of aromatic nitrogens is 1. The van der Waals surface area contributed by atoms with Crippen molar-refractivity contribution >= 4 is 16.8 Å². The molecule has 1 aromatic heterocycles. The van der Waals surface area contributed by atoms with Gasteiger partial charge in [0.2, 0.25) is 0 Å². The lowest BCUT2D eigenvalue weighted by molar-refractivity contribution is 0.0943. The van der Waals surface area contributed by atoms with Gasteiger partial charge in [0.05, 0.1) is 17.2 Å². The molecule has 20 heavy (non-hydrogen) atoms. The number of aryl methyl sites for hydroxylation is 2. The molecule has 0 bridgehead atoms. The molecule has 0 fully saturated rings. The number of hydrogen-bond donors (Lipinski definition) is 3. The molecule has 108 valence electrons. The average molecular weight is 274 g/mol. The summed E-state index contributed by atoms with van der Waals surface area (Å²) >= 11 is 0. The Morgan fingerprint density at radius 1 is 1.40 bits per heavy atom. The van der Waals surface area contributed by atoms with Crippen LogP contribution in [0.3, 0.4) is 0 Å². The number of H-pyrrole nitrogens is 1. The third-order valence-electron chi connectivity index (χ3n) is 3.82. The maximum Gasteiger partial charge on any atom is 0.253 e. The topological polar surface area (TPSA) is 65.1 Å². The van der Waals surface area contributed by atoms with Gasteiger partial charge >= 0.3 is 0 Å². The number of carbonyl (C=O) groups excluding carboxylic acids is 1. The van der Waals surface area contributed by atoms with Crippen LogP contribution < -0.4 is 5.32 Å². The van der Waals surface area contributed by atoms with E-state index in [1.807, 2.05) is 39.0 Å². The van der Waals surface area contributed by atoms with Gasteiger partial charge in [-0.1, -0.05) is 19.1 Å². The summed E-state index contributed by atoms with van der Waals surface area (Å²) in [6.07, 6.45) is 0.947. The van der Waals surface area contributed by atoms with Gasteiger partial charge in [-0.3, -0.25) is 4.79 Å². The molecule has 3 N–H and O–H groups in total. The summed E-state index contributed by atoms with van der Waals surface area (Å²) < 4.78 is 0. The van der Waals surface area contributed by atoms with Crippen LogP contribution in [0.15, 0.2) is 18.2 Å². The molecular weight excluding hydrogens is 252 g/mol. The van der Waals surface area contributed by atoms with Crippen molar-refractivity contribution in [3.05, 3.63) is 35.0 Å². The number of fused-ring (bicyclic) bond motifs is 1. The van der Waals surface area contributed by atoms with E-state index in [2.05, 4.69) is 10.3 Å². The van der Waals surface area contributed by atoms with Crippen LogP contribution in [0.5, 0.6) is 0 Å². The maximum atomic E-state index is 12.2. The van der Waals surface area contributed by atoms with E-state index in [9.17, 15) is 9.90 Å². The van der Waals surface area contributed by atoms with Gasteiger partial charge in [-0.15, -0.1) is 0 Å². The fourth-order valence-electron chi connectivity index (χ4n) is 2.32. The van der Waals surface area contributed by atoms with Gasteiger partial charge < -0.3 is 15.4 Å². The quantitative estimate of drug-likeness (QED) is 0.785. The average Bonchev–Trinajstić information content (AvgIpc) is 2.74. The minimum atomic E-state index is -0.346. The van der Waals surface area contributed by atoms with Crippen LogP contribution in [0.4, 0.5) is 0 Å². The summed E-state index contributed by atoms with van der Waals surface area (Å²) in [5.41, 5.74) is 3.80. The fourth-order valence-corrected chi connectivity index (χ4v) is 2.32. The van der Waals surface area contributed by atoms with Crippen molar-refractivity contribution in [3.63, 3.8) is 0 Å². The Bertz CT molecular complexity index is 616. The van der Waals surface area contributed by atoms with Gasteiger partial charge in [-0.05, 0) is 38.3 Å². The van der Waals surface area contributed by atoms with Gasteiger partial charge in [0, 0.05) is 17.6 Å². The van der Waals surface area contributed by atoms with Crippen LogP contribution >= 0.6 is 0 Å². The zero-order valence-electron chi connectivity index (χ0n) is 12.3. The monoisotopic (exact) mass is 274 g/mol. The summed E-state index contributed by atoms with van der Waals surface area (Å²) in [4.78, 5) is 15.5. The molecule has 0 radical (unpaired) electrons. The normalized spacial score (nSPS) is 12.6. The predicted molar refractivity (Wildman–Crippen MR) is 81.0 cm³/mol. The summed E-state index contributed by atoms with van der Waals surface area (Å²) in [6, 6.07) is 5.74. The van der Waals surface area contributed by atoms with Crippen molar-refractivity contribution in [3.8, 4) is 0 Å². The Morgan fingerprint density at radius 2 is 2.15 bits per heavy atom. The molecule has 2 aromatic rings. The van der Waals surface area contributed by atoms with E-state index in [0.29, 0.717) is 24.9 Å². The third-order valence-corrected chi connectivity index (χ3v) is 3.82. The summed E-state index contributed by atoms with van der Waals surface area (Å²) in [6.45, 7) is 6.47. The standard InChI is InChI=1S/C16H22N2O2/c1-4-12(19)8-9-17-16(20)14-7-5-6-13-10(2)11(3)18-15(13)14/h5-7,12,18-19H,4,8-9H2,1-3H3,(H,17,20). The molecule has 1 amide bonds. The number of hydrogen-bond acceptors (Lipinski definition) is 2. The predicted octanol–water partition coefficient (Wildman–Crippen LogP) is 2.68. The number of benzene rings is 1. The number of aromatic amines is 1. The second-order valence-electron chi connectivity index (χ2n) is 5.21. The highest BCUT2D eigenvalue weighted by Gasteiger charge is 2.13. The highest BCUT2D eigenvalue weighted by Crippen LogP contribution is 2.24. The largest absolute Gasteiger partial charge is 0.393 e. The van der Waals surface area contributed by atoms with E-state index in [4.69, 9.17) is 0 Å². The van der Waals surface area contributed by atoms with Gasteiger partial charge in [0.1, 0.15) is 0 Å². The van der Waals surface area contributed by atoms with Crippen molar-refractivity contribution in [2.24, 2.45) is 0 Å². The van der Waals surface area contributed by atoms with E-state index < -0.39 is 0 Å². The Balaban J connectivity index is 2.16. The SMILES string of the molecule is CCC(O)CCNC(=O)c1cccc2c(C)c(C)[nH]c12. The van der Waals surface area contributed by atoms with Gasteiger partial charge in [-0.25, -0.2) is 0 Å². The Kier molecular flexibility index (Phi) is 4.45. The number of carbonyl (C=O) groups is 1. The smallest absolute Gasteiger partial charge is 0.253 e. The van der Waals surface area contributed by atoms with E-state index in [1.165, 1.54) is 5.56 Å². The molecule has 1 aromatic carbocycles. The first-order valence-electron chi connectivity index (χ1n) is 7.08.